The van der Waals surface area contributed by atoms with E-state index in [1.165, 1.54) is 18.2 Å². The number of amides is 1. The molecule has 10 heteroatoms. The number of anilines is 1. The largest absolute Gasteiger partial charge is 0.341 e. The minimum absolute atomic E-state index is 0. The zero-order chi connectivity index (χ0) is 19.6. The highest BCUT2D eigenvalue weighted by molar-refractivity contribution is 7.91. The Kier molecular flexibility index (Phi) is 7.08. The molecule has 28 heavy (non-hydrogen) atoms. The average Bonchev–Trinajstić information content (AvgIpc) is 2.64. The van der Waals surface area contributed by atoms with E-state index in [1.807, 2.05) is 0 Å². The Morgan fingerprint density at radius 3 is 2.46 bits per heavy atom. The van der Waals surface area contributed by atoms with Gasteiger partial charge in [-0.1, -0.05) is 18.2 Å². The third-order valence-electron chi connectivity index (χ3n) is 4.33. The molecule has 0 aliphatic carbocycles. The fraction of sp³-hybridized carbons (Fsp3) is 0.278. The zero-order valence-corrected chi connectivity index (χ0v) is 16.2. The van der Waals surface area contributed by atoms with Gasteiger partial charge in [0.05, 0.1) is 17.0 Å². The molecule has 1 heterocycles. The summed E-state index contributed by atoms with van der Waals surface area (Å²) in [6.45, 7) is 1.24. The second kappa shape index (κ2) is 8.93. The molecule has 2 aromatic carbocycles. The molecule has 0 bridgehead atoms. The zero-order valence-electron chi connectivity index (χ0n) is 14.5. The van der Waals surface area contributed by atoms with Crippen molar-refractivity contribution in [3.63, 3.8) is 0 Å². The summed E-state index contributed by atoms with van der Waals surface area (Å²) in [7, 11) is -4.67. The number of hydrogen-bond donors (Lipinski definition) is 2. The summed E-state index contributed by atoms with van der Waals surface area (Å²) in [5, 5.41) is 5.64. The molecular weight excluding hydrogens is 417 g/mol. The van der Waals surface area contributed by atoms with Crippen molar-refractivity contribution in [2.24, 2.45) is 0 Å². The number of rotatable bonds is 5. The molecule has 5 nitrogen and oxygen atoms in total. The lowest BCUT2D eigenvalue weighted by atomic mass is 9.99. The molecular formula is C18H18ClF3N2O3S. The predicted octanol–water partition coefficient (Wildman–Crippen LogP) is 3.07. The Morgan fingerprint density at radius 1 is 1.14 bits per heavy atom. The maximum atomic E-state index is 14.5. The van der Waals surface area contributed by atoms with Gasteiger partial charge in [0.1, 0.15) is 5.82 Å². The van der Waals surface area contributed by atoms with Crippen LogP contribution in [0.25, 0.3) is 0 Å². The molecule has 0 radical (unpaired) electrons. The number of carbonyl (C=O) groups excluding carboxylic acids is 1. The van der Waals surface area contributed by atoms with Gasteiger partial charge in [0.15, 0.2) is 0 Å². The van der Waals surface area contributed by atoms with Crippen molar-refractivity contribution in [1.29, 1.82) is 0 Å². The number of fused-ring (bicyclic) bond motifs is 1. The predicted molar refractivity (Wildman–Crippen MR) is 101 cm³/mol. The minimum Gasteiger partial charge on any atom is -0.323 e. The van der Waals surface area contributed by atoms with Crippen LogP contribution in [0.2, 0.25) is 0 Å². The van der Waals surface area contributed by atoms with E-state index in [4.69, 9.17) is 0 Å². The molecule has 0 aromatic heterocycles. The highest BCUT2D eigenvalue weighted by atomic mass is 35.5. The van der Waals surface area contributed by atoms with Crippen molar-refractivity contribution < 1.29 is 26.4 Å². The van der Waals surface area contributed by atoms with E-state index in [9.17, 15) is 26.4 Å². The standard InChI is InChI=1S/C18H17F3N2O3S.ClH/c19-17-14-7-8-22-10-12(14)3-6-15(17)23-16(24)9-11-1-4-13(5-2-11)27(25,26)18(20)21;/h1-6,18,22H,7-10H2,(H,23,24);1H. The van der Waals surface area contributed by atoms with E-state index in [0.717, 1.165) is 17.7 Å². The summed E-state index contributed by atoms with van der Waals surface area (Å²) in [5.74, 6) is -4.46. The number of sulfone groups is 1. The summed E-state index contributed by atoms with van der Waals surface area (Å²) in [6.07, 6.45) is 0.387. The Morgan fingerprint density at radius 2 is 1.82 bits per heavy atom. The molecule has 3 rings (SSSR count). The first-order chi connectivity index (χ1) is 12.8. The van der Waals surface area contributed by atoms with Gasteiger partial charge in [-0.3, -0.25) is 4.79 Å². The minimum atomic E-state index is -4.67. The fourth-order valence-corrected chi connectivity index (χ4v) is 3.63. The van der Waals surface area contributed by atoms with Crippen LogP contribution in [-0.2, 0) is 34.0 Å². The molecule has 2 aromatic rings. The maximum absolute atomic E-state index is 14.5. The summed E-state index contributed by atoms with van der Waals surface area (Å²) < 4.78 is 62.3. The average molecular weight is 435 g/mol. The molecule has 2 N–H and O–H groups in total. The smallest absolute Gasteiger partial charge is 0.323 e. The topological polar surface area (TPSA) is 75.3 Å². The molecule has 0 fully saturated rings. The van der Waals surface area contributed by atoms with Crippen molar-refractivity contribution in [1.82, 2.24) is 5.32 Å². The van der Waals surface area contributed by atoms with E-state index in [0.29, 0.717) is 30.6 Å². The normalized spacial score (nSPS) is 13.6. The Hall–Kier alpha value is -2.10. The third kappa shape index (κ3) is 4.65. The third-order valence-corrected chi connectivity index (χ3v) is 5.73. The van der Waals surface area contributed by atoms with Crippen molar-refractivity contribution in [3.8, 4) is 0 Å². The molecule has 1 aliphatic heterocycles. The first-order valence-corrected chi connectivity index (χ1v) is 9.75. The van der Waals surface area contributed by atoms with Crippen molar-refractivity contribution >= 4 is 33.8 Å². The molecule has 0 saturated heterocycles. The van der Waals surface area contributed by atoms with Crippen LogP contribution in [0.1, 0.15) is 16.7 Å². The Labute approximate surface area is 166 Å². The van der Waals surface area contributed by atoms with Crippen LogP contribution in [0.4, 0.5) is 18.9 Å². The lowest BCUT2D eigenvalue weighted by Gasteiger charge is -2.19. The molecule has 0 spiro atoms. The van der Waals surface area contributed by atoms with Crippen molar-refractivity contribution in [3.05, 3.63) is 58.9 Å². The molecule has 0 saturated carbocycles. The van der Waals surface area contributed by atoms with Gasteiger partial charge in [0, 0.05) is 6.54 Å². The lowest BCUT2D eigenvalue weighted by molar-refractivity contribution is -0.115. The second-order valence-corrected chi connectivity index (χ2v) is 8.08. The maximum Gasteiger partial charge on any atom is 0.341 e. The van der Waals surface area contributed by atoms with E-state index in [-0.39, 0.29) is 24.5 Å². The van der Waals surface area contributed by atoms with E-state index >= 15 is 0 Å². The van der Waals surface area contributed by atoms with Crippen LogP contribution < -0.4 is 10.6 Å². The summed E-state index contributed by atoms with van der Waals surface area (Å²) in [4.78, 5) is 11.6. The van der Waals surface area contributed by atoms with Crippen molar-refractivity contribution in [2.45, 2.75) is 30.0 Å². The second-order valence-electron chi connectivity index (χ2n) is 6.17. The SMILES string of the molecule is Cl.O=C(Cc1ccc(S(=O)(=O)C(F)F)cc1)Nc1ccc2c(c1F)CCNC2. The first kappa shape index (κ1) is 22.2. The van der Waals surface area contributed by atoms with Crippen LogP contribution >= 0.6 is 12.4 Å². The van der Waals surface area contributed by atoms with E-state index < -0.39 is 32.2 Å². The summed E-state index contributed by atoms with van der Waals surface area (Å²) in [5.41, 5.74) is 1.93. The number of alkyl halides is 2. The van der Waals surface area contributed by atoms with Gasteiger partial charge >= 0.3 is 5.76 Å². The van der Waals surface area contributed by atoms with Crippen LogP contribution in [0.5, 0.6) is 0 Å². The number of hydrogen-bond acceptors (Lipinski definition) is 4. The van der Waals surface area contributed by atoms with Gasteiger partial charge in [-0.25, -0.2) is 12.8 Å². The number of carbonyl (C=O) groups is 1. The van der Waals surface area contributed by atoms with Crippen LogP contribution in [0, 0.1) is 5.82 Å². The molecule has 1 aliphatic rings. The van der Waals surface area contributed by atoms with Crippen LogP contribution in [0.15, 0.2) is 41.3 Å². The Balaban J connectivity index is 0.00000280. The summed E-state index contributed by atoms with van der Waals surface area (Å²) in [6, 6.07) is 7.86. The Bertz CT molecular complexity index is 967. The highest BCUT2D eigenvalue weighted by Crippen LogP contribution is 2.25. The monoisotopic (exact) mass is 434 g/mol. The number of nitrogens with one attached hydrogen (secondary N) is 2. The van der Waals surface area contributed by atoms with Gasteiger partial charge in [-0.05, 0) is 47.9 Å². The highest BCUT2D eigenvalue weighted by Gasteiger charge is 2.26. The van der Waals surface area contributed by atoms with E-state index in [2.05, 4.69) is 10.6 Å². The fourth-order valence-electron chi connectivity index (χ4n) is 2.91. The van der Waals surface area contributed by atoms with Gasteiger partial charge in [-0.2, -0.15) is 8.78 Å². The molecule has 152 valence electrons. The molecule has 1 amide bonds. The molecule has 0 atom stereocenters. The summed E-state index contributed by atoms with van der Waals surface area (Å²) >= 11 is 0. The molecule has 0 unspecified atom stereocenters. The lowest BCUT2D eigenvalue weighted by Crippen LogP contribution is -2.25. The van der Waals surface area contributed by atoms with Crippen LogP contribution in [-0.4, -0.2) is 26.6 Å². The van der Waals surface area contributed by atoms with E-state index in [1.54, 1.807) is 6.07 Å². The van der Waals surface area contributed by atoms with Crippen LogP contribution in [0.3, 0.4) is 0 Å². The van der Waals surface area contributed by atoms with Gasteiger partial charge in [0.25, 0.3) is 0 Å². The first-order valence-electron chi connectivity index (χ1n) is 8.21. The van der Waals surface area contributed by atoms with Gasteiger partial charge in [-0.15, -0.1) is 12.4 Å². The number of benzene rings is 2. The van der Waals surface area contributed by atoms with Gasteiger partial charge in [0.2, 0.25) is 15.7 Å². The quantitative estimate of drug-likeness (QED) is 0.758. The van der Waals surface area contributed by atoms with Crippen molar-refractivity contribution in [2.75, 3.05) is 11.9 Å². The number of halogens is 4. The van der Waals surface area contributed by atoms with Gasteiger partial charge < -0.3 is 10.6 Å².